The molecule has 1 aliphatic heterocycles. The van der Waals surface area contributed by atoms with Gasteiger partial charge in [-0.1, -0.05) is 18.2 Å². The maximum Gasteiger partial charge on any atom is 0.0677 e. The molecule has 0 saturated heterocycles. The predicted octanol–water partition coefficient (Wildman–Crippen LogP) is 1.97. The van der Waals surface area contributed by atoms with Crippen molar-refractivity contribution >= 4 is 5.69 Å². The van der Waals surface area contributed by atoms with Crippen LogP contribution in [-0.2, 0) is 0 Å². The highest BCUT2D eigenvalue weighted by Crippen LogP contribution is 2.37. The van der Waals surface area contributed by atoms with Gasteiger partial charge in [0.1, 0.15) is 0 Å². The van der Waals surface area contributed by atoms with Crippen molar-refractivity contribution in [1.29, 1.82) is 0 Å². The van der Waals surface area contributed by atoms with Gasteiger partial charge in [-0.3, -0.25) is 0 Å². The average Bonchev–Trinajstić information content (AvgIpc) is 2.45. The Labute approximate surface area is 78.6 Å². The van der Waals surface area contributed by atoms with Crippen LogP contribution in [0.5, 0.6) is 0 Å². The molecular weight excluding hydrogens is 162 g/mol. The summed E-state index contributed by atoms with van der Waals surface area (Å²) in [6.07, 6.45) is 0. The van der Waals surface area contributed by atoms with E-state index in [1.165, 1.54) is 5.56 Å². The Bertz CT molecular complexity index is 314. The molecule has 1 aliphatic rings. The number of nitrogens with one attached hydrogen (secondary N) is 1. The first-order valence-electron chi connectivity index (χ1n) is 4.64. The summed E-state index contributed by atoms with van der Waals surface area (Å²) in [4.78, 5) is 0. The average molecular weight is 177 g/mol. The van der Waals surface area contributed by atoms with E-state index in [0.29, 0.717) is 0 Å². The largest absolute Gasteiger partial charge is 0.390 e. The summed E-state index contributed by atoms with van der Waals surface area (Å²) in [6.45, 7) is 4.56. The van der Waals surface area contributed by atoms with E-state index in [0.717, 1.165) is 12.2 Å². The van der Waals surface area contributed by atoms with E-state index >= 15 is 0 Å². The van der Waals surface area contributed by atoms with Crippen LogP contribution in [-0.4, -0.2) is 17.3 Å². The van der Waals surface area contributed by atoms with E-state index in [2.05, 4.69) is 17.4 Å². The molecule has 0 spiro atoms. The molecule has 0 fully saturated rings. The fraction of sp³-hybridized carbons (Fsp3) is 0.455. The van der Waals surface area contributed by atoms with Gasteiger partial charge in [-0.15, -0.1) is 0 Å². The zero-order valence-corrected chi connectivity index (χ0v) is 8.04. The highest BCUT2D eigenvalue weighted by molar-refractivity contribution is 5.58. The molecule has 0 bridgehead atoms. The quantitative estimate of drug-likeness (QED) is 0.687. The summed E-state index contributed by atoms with van der Waals surface area (Å²) in [7, 11) is 0. The highest BCUT2D eigenvalue weighted by atomic mass is 16.3. The van der Waals surface area contributed by atoms with Crippen LogP contribution in [0.3, 0.4) is 0 Å². The zero-order valence-electron chi connectivity index (χ0n) is 8.04. The number of hydrogen-bond acceptors (Lipinski definition) is 2. The minimum atomic E-state index is -0.639. The van der Waals surface area contributed by atoms with E-state index in [1.807, 2.05) is 26.0 Å². The van der Waals surface area contributed by atoms with Crippen LogP contribution in [0.1, 0.15) is 25.3 Å². The molecule has 1 atom stereocenters. The molecule has 1 aromatic carbocycles. The highest BCUT2D eigenvalue weighted by Gasteiger charge is 2.33. The summed E-state index contributed by atoms with van der Waals surface area (Å²) in [5.74, 6) is 0.212. The lowest BCUT2D eigenvalue weighted by atomic mass is 9.86. The van der Waals surface area contributed by atoms with Gasteiger partial charge in [0.25, 0.3) is 0 Å². The third-order valence-corrected chi connectivity index (χ3v) is 2.69. The van der Waals surface area contributed by atoms with Crippen molar-refractivity contribution in [2.75, 3.05) is 11.9 Å². The normalized spacial score (nSPS) is 21.0. The van der Waals surface area contributed by atoms with Crippen molar-refractivity contribution in [1.82, 2.24) is 0 Å². The van der Waals surface area contributed by atoms with Gasteiger partial charge in [0.2, 0.25) is 0 Å². The molecule has 13 heavy (non-hydrogen) atoms. The number of anilines is 1. The van der Waals surface area contributed by atoms with Gasteiger partial charge in [0.15, 0.2) is 0 Å². The molecule has 1 heterocycles. The van der Waals surface area contributed by atoms with E-state index in [-0.39, 0.29) is 5.92 Å². The van der Waals surface area contributed by atoms with Crippen LogP contribution in [0.25, 0.3) is 0 Å². The molecule has 2 rings (SSSR count). The first kappa shape index (κ1) is 8.57. The lowest BCUT2D eigenvalue weighted by Gasteiger charge is -2.25. The lowest BCUT2D eigenvalue weighted by molar-refractivity contribution is 0.0562. The van der Waals surface area contributed by atoms with Crippen LogP contribution in [0.4, 0.5) is 5.69 Å². The second-order valence-electron chi connectivity index (χ2n) is 4.17. The van der Waals surface area contributed by atoms with Crippen molar-refractivity contribution in [2.24, 2.45) is 0 Å². The summed E-state index contributed by atoms with van der Waals surface area (Å²) >= 11 is 0. The molecule has 2 heteroatoms. The molecule has 0 aromatic heterocycles. The summed E-state index contributed by atoms with van der Waals surface area (Å²) in [6, 6.07) is 8.17. The second kappa shape index (κ2) is 2.74. The Morgan fingerprint density at radius 2 is 2.08 bits per heavy atom. The molecule has 70 valence electrons. The van der Waals surface area contributed by atoms with E-state index < -0.39 is 5.60 Å². The molecule has 0 radical (unpaired) electrons. The minimum Gasteiger partial charge on any atom is -0.390 e. The molecule has 1 aromatic rings. The predicted molar refractivity (Wildman–Crippen MR) is 54.0 cm³/mol. The molecule has 0 amide bonds. The van der Waals surface area contributed by atoms with Crippen molar-refractivity contribution in [3.8, 4) is 0 Å². The molecule has 2 nitrogen and oxygen atoms in total. The molecule has 0 aliphatic carbocycles. The Morgan fingerprint density at radius 3 is 2.77 bits per heavy atom. The lowest BCUT2D eigenvalue weighted by Crippen LogP contribution is -2.30. The standard InChI is InChI=1S/C11H15NO/c1-11(2,13)9-7-12-10-6-4-3-5-8(9)10/h3-6,9,12-13H,7H2,1-2H3. The molecular formula is C11H15NO. The monoisotopic (exact) mass is 177 g/mol. The smallest absolute Gasteiger partial charge is 0.0677 e. The van der Waals surface area contributed by atoms with Gasteiger partial charge in [-0.25, -0.2) is 0 Å². The van der Waals surface area contributed by atoms with Gasteiger partial charge in [0, 0.05) is 18.2 Å². The van der Waals surface area contributed by atoms with Crippen molar-refractivity contribution < 1.29 is 5.11 Å². The van der Waals surface area contributed by atoms with Crippen LogP contribution >= 0.6 is 0 Å². The fourth-order valence-corrected chi connectivity index (χ4v) is 1.91. The first-order valence-corrected chi connectivity index (χ1v) is 4.64. The molecule has 0 saturated carbocycles. The first-order chi connectivity index (χ1) is 6.09. The number of rotatable bonds is 1. The van der Waals surface area contributed by atoms with Gasteiger partial charge < -0.3 is 10.4 Å². The number of hydrogen-bond donors (Lipinski definition) is 2. The minimum absolute atomic E-state index is 0.212. The Morgan fingerprint density at radius 1 is 1.38 bits per heavy atom. The maximum atomic E-state index is 9.92. The van der Waals surface area contributed by atoms with E-state index in [1.54, 1.807) is 0 Å². The van der Waals surface area contributed by atoms with Gasteiger partial charge in [-0.05, 0) is 25.5 Å². The van der Waals surface area contributed by atoms with Crippen LogP contribution in [0, 0.1) is 0 Å². The summed E-state index contributed by atoms with van der Waals surface area (Å²) in [5, 5.41) is 13.2. The fourth-order valence-electron chi connectivity index (χ4n) is 1.91. The maximum absolute atomic E-state index is 9.92. The van der Waals surface area contributed by atoms with Crippen molar-refractivity contribution in [3.05, 3.63) is 29.8 Å². The Hall–Kier alpha value is -1.02. The van der Waals surface area contributed by atoms with Crippen molar-refractivity contribution in [3.63, 3.8) is 0 Å². The number of aliphatic hydroxyl groups is 1. The zero-order chi connectivity index (χ0) is 9.47. The second-order valence-corrected chi connectivity index (χ2v) is 4.17. The van der Waals surface area contributed by atoms with Gasteiger partial charge >= 0.3 is 0 Å². The van der Waals surface area contributed by atoms with Crippen molar-refractivity contribution in [2.45, 2.75) is 25.4 Å². The Balaban J connectivity index is 2.39. The molecule has 2 N–H and O–H groups in total. The van der Waals surface area contributed by atoms with E-state index in [9.17, 15) is 5.11 Å². The third-order valence-electron chi connectivity index (χ3n) is 2.69. The summed E-state index contributed by atoms with van der Waals surface area (Å²) < 4.78 is 0. The SMILES string of the molecule is CC(C)(O)C1CNc2ccccc21. The third kappa shape index (κ3) is 1.42. The van der Waals surface area contributed by atoms with Crippen LogP contribution < -0.4 is 5.32 Å². The summed E-state index contributed by atoms with van der Waals surface area (Å²) in [5.41, 5.74) is 1.75. The number of benzene rings is 1. The number of fused-ring (bicyclic) bond motifs is 1. The van der Waals surface area contributed by atoms with E-state index in [4.69, 9.17) is 0 Å². The van der Waals surface area contributed by atoms with Crippen LogP contribution in [0.2, 0.25) is 0 Å². The van der Waals surface area contributed by atoms with Gasteiger partial charge in [-0.2, -0.15) is 0 Å². The topological polar surface area (TPSA) is 32.3 Å². The van der Waals surface area contributed by atoms with Crippen LogP contribution in [0.15, 0.2) is 24.3 Å². The van der Waals surface area contributed by atoms with Gasteiger partial charge in [0.05, 0.1) is 5.60 Å². The molecule has 1 unspecified atom stereocenters. The number of para-hydroxylation sites is 1. The Kier molecular flexibility index (Phi) is 1.81.